The standard InChI is InChI=1S/C14H16N2O4S/c1-19-11-5-3-4-9(13(11)20-2)7-15-14-16-10(8-21-14)6-12(17)18/h3-5,8H,6-7H2,1-2H3,(H,15,16)(H,17,18). The van der Waals surface area contributed by atoms with E-state index < -0.39 is 5.97 Å². The monoisotopic (exact) mass is 308 g/mol. The number of methoxy groups -OCH3 is 2. The molecule has 7 heteroatoms. The number of nitrogens with zero attached hydrogens (tertiary/aromatic N) is 1. The average Bonchev–Trinajstić information content (AvgIpc) is 2.91. The highest BCUT2D eigenvalue weighted by Crippen LogP contribution is 2.31. The van der Waals surface area contributed by atoms with Crippen LogP contribution in [0.15, 0.2) is 23.6 Å². The van der Waals surface area contributed by atoms with Gasteiger partial charge in [0, 0.05) is 17.5 Å². The van der Waals surface area contributed by atoms with Gasteiger partial charge in [0.1, 0.15) is 0 Å². The molecule has 1 heterocycles. The Hall–Kier alpha value is -2.28. The van der Waals surface area contributed by atoms with Gasteiger partial charge in [0.25, 0.3) is 0 Å². The summed E-state index contributed by atoms with van der Waals surface area (Å²) >= 11 is 1.38. The molecule has 0 saturated carbocycles. The minimum absolute atomic E-state index is 0.0688. The highest BCUT2D eigenvalue weighted by atomic mass is 32.1. The normalized spacial score (nSPS) is 10.2. The molecule has 0 aliphatic rings. The van der Waals surface area contributed by atoms with Gasteiger partial charge in [0.2, 0.25) is 0 Å². The molecule has 0 unspecified atom stereocenters. The van der Waals surface area contributed by atoms with Crippen molar-refractivity contribution in [2.45, 2.75) is 13.0 Å². The molecule has 0 amide bonds. The molecule has 1 aromatic heterocycles. The summed E-state index contributed by atoms with van der Waals surface area (Å²) in [5.74, 6) is 0.457. The summed E-state index contributed by atoms with van der Waals surface area (Å²) in [6, 6.07) is 5.65. The van der Waals surface area contributed by atoms with Gasteiger partial charge in [0.05, 0.1) is 26.3 Å². The number of hydrogen-bond donors (Lipinski definition) is 2. The van der Waals surface area contributed by atoms with Crippen LogP contribution in [0.3, 0.4) is 0 Å². The van der Waals surface area contributed by atoms with Crippen molar-refractivity contribution in [2.24, 2.45) is 0 Å². The number of thiazole rings is 1. The number of carboxylic acid groups (broad SMARTS) is 1. The van der Waals surface area contributed by atoms with Gasteiger partial charge < -0.3 is 19.9 Å². The van der Waals surface area contributed by atoms with E-state index in [1.54, 1.807) is 19.6 Å². The second-order valence-electron chi connectivity index (χ2n) is 4.22. The smallest absolute Gasteiger partial charge is 0.309 e. The quantitative estimate of drug-likeness (QED) is 0.817. The molecule has 0 bridgehead atoms. The number of aromatic nitrogens is 1. The summed E-state index contributed by atoms with van der Waals surface area (Å²) < 4.78 is 10.6. The third-order valence-electron chi connectivity index (χ3n) is 2.80. The van der Waals surface area contributed by atoms with E-state index in [1.165, 1.54) is 11.3 Å². The lowest BCUT2D eigenvalue weighted by Gasteiger charge is -2.12. The Morgan fingerprint density at radius 2 is 2.19 bits per heavy atom. The average molecular weight is 308 g/mol. The number of para-hydroxylation sites is 1. The van der Waals surface area contributed by atoms with E-state index in [9.17, 15) is 4.79 Å². The molecule has 0 aliphatic heterocycles. The zero-order valence-electron chi connectivity index (χ0n) is 11.8. The maximum Gasteiger partial charge on any atom is 0.309 e. The van der Waals surface area contributed by atoms with Crippen LogP contribution in [0.4, 0.5) is 5.13 Å². The molecule has 21 heavy (non-hydrogen) atoms. The number of nitrogens with one attached hydrogen (secondary N) is 1. The van der Waals surface area contributed by atoms with Crippen molar-refractivity contribution in [3.63, 3.8) is 0 Å². The fraction of sp³-hybridized carbons (Fsp3) is 0.286. The molecule has 2 rings (SSSR count). The van der Waals surface area contributed by atoms with Gasteiger partial charge in [-0.15, -0.1) is 11.3 Å². The van der Waals surface area contributed by atoms with Gasteiger partial charge in [-0.05, 0) is 6.07 Å². The molecule has 0 spiro atoms. The summed E-state index contributed by atoms with van der Waals surface area (Å²) in [5, 5.41) is 14.3. The first-order chi connectivity index (χ1) is 10.1. The van der Waals surface area contributed by atoms with Crippen LogP contribution in [0, 0.1) is 0 Å². The minimum Gasteiger partial charge on any atom is -0.493 e. The number of benzene rings is 1. The lowest BCUT2D eigenvalue weighted by molar-refractivity contribution is -0.136. The van der Waals surface area contributed by atoms with Crippen molar-refractivity contribution < 1.29 is 19.4 Å². The van der Waals surface area contributed by atoms with Gasteiger partial charge in [0.15, 0.2) is 16.6 Å². The third kappa shape index (κ3) is 3.85. The molecule has 112 valence electrons. The van der Waals surface area contributed by atoms with E-state index in [1.807, 2.05) is 18.2 Å². The van der Waals surface area contributed by atoms with Gasteiger partial charge >= 0.3 is 5.97 Å². The lowest BCUT2D eigenvalue weighted by atomic mass is 10.2. The van der Waals surface area contributed by atoms with Crippen LogP contribution in [-0.2, 0) is 17.8 Å². The number of rotatable bonds is 7. The van der Waals surface area contributed by atoms with Crippen LogP contribution < -0.4 is 14.8 Å². The highest BCUT2D eigenvalue weighted by Gasteiger charge is 2.10. The van der Waals surface area contributed by atoms with Crippen molar-refractivity contribution in [1.29, 1.82) is 0 Å². The van der Waals surface area contributed by atoms with Crippen LogP contribution in [0.25, 0.3) is 0 Å². The van der Waals surface area contributed by atoms with Gasteiger partial charge in [-0.1, -0.05) is 12.1 Å². The van der Waals surface area contributed by atoms with Crippen LogP contribution in [0.1, 0.15) is 11.3 Å². The molecule has 0 aliphatic carbocycles. The van der Waals surface area contributed by atoms with E-state index in [4.69, 9.17) is 14.6 Å². The summed E-state index contributed by atoms with van der Waals surface area (Å²) in [6.07, 6.45) is -0.0688. The molecule has 0 fully saturated rings. The van der Waals surface area contributed by atoms with Crippen LogP contribution in [0.5, 0.6) is 11.5 Å². The Bertz CT molecular complexity index is 627. The van der Waals surface area contributed by atoms with Gasteiger partial charge in [-0.25, -0.2) is 4.98 Å². The van der Waals surface area contributed by atoms with E-state index >= 15 is 0 Å². The first-order valence-electron chi connectivity index (χ1n) is 6.24. The Kier molecular flexibility index (Phi) is 4.99. The number of aliphatic carboxylic acids is 1. The van der Waals surface area contributed by atoms with Crippen molar-refractivity contribution >= 4 is 22.4 Å². The van der Waals surface area contributed by atoms with Crippen LogP contribution >= 0.6 is 11.3 Å². The van der Waals surface area contributed by atoms with Crippen molar-refractivity contribution in [1.82, 2.24) is 4.98 Å². The van der Waals surface area contributed by atoms with Gasteiger partial charge in [-0.3, -0.25) is 4.79 Å². The molecule has 0 saturated heterocycles. The van der Waals surface area contributed by atoms with Crippen LogP contribution in [-0.4, -0.2) is 30.3 Å². The van der Waals surface area contributed by atoms with Crippen LogP contribution in [0.2, 0.25) is 0 Å². The topological polar surface area (TPSA) is 80.7 Å². The summed E-state index contributed by atoms with van der Waals surface area (Å²) in [6.45, 7) is 0.514. The molecular formula is C14H16N2O4S. The SMILES string of the molecule is COc1cccc(CNc2nc(CC(=O)O)cs2)c1OC. The van der Waals surface area contributed by atoms with Crippen molar-refractivity contribution in [3.05, 3.63) is 34.8 Å². The fourth-order valence-corrected chi connectivity index (χ4v) is 2.60. The molecule has 2 aromatic rings. The van der Waals surface area contributed by atoms with Crippen molar-refractivity contribution in [3.8, 4) is 11.5 Å². The van der Waals surface area contributed by atoms with E-state index in [0.29, 0.717) is 28.9 Å². The molecule has 2 N–H and O–H groups in total. The highest BCUT2D eigenvalue weighted by molar-refractivity contribution is 7.13. The lowest BCUT2D eigenvalue weighted by Crippen LogP contribution is -2.04. The Balaban J connectivity index is 2.06. The molecule has 1 aromatic carbocycles. The number of carboxylic acids is 1. The largest absolute Gasteiger partial charge is 0.493 e. The molecule has 0 radical (unpaired) electrons. The Morgan fingerprint density at radius 3 is 2.86 bits per heavy atom. The second kappa shape index (κ2) is 6.94. The van der Waals surface area contributed by atoms with E-state index in [0.717, 1.165) is 5.56 Å². The third-order valence-corrected chi connectivity index (χ3v) is 3.65. The summed E-state index contributed by atoms with van der Waals surface area (Å²) in [7, 11) is 3.18. The maximum absolute atomic E-state index is 10.6. The predicted octanol–water partition coefficient (Wildman–Crippen LogP) is 2.40. The minimum atomic E-state index is -0.888. The predicted molar refractivity (Wildman–Crippen MR) is 80.3 cm³/mol. The summed E-state index contributed by atoms with van der Waals surface area (Å²) in [4.78, 5) is 14.8. The number of carbonyl (C=O) groups is 1. The van der Waals surface area contributed by atoms with Gasteiger partial charge in [-0.2, -0.15) is 0 Å². The first kappa shape index (κ1) is 15.1. The Morgan fingerprint density at radius 1 is 1.38 bits per heavy atom. The zero-order chi connectivity index (χ0) is 15.2. The number of anilines is 1. The fourth-order valence-electron chi connectivity index (χ4n) is 1.89. The number of hydrogen-bond acceptors (Lipinski definition) is 6. The molecule has 0 atom stereocenters. The zero-order valence-corrected chi connectivity index (χ0v) is 12.6. The molecular weight excluding hydrogens is 292 g/mol. The summed E-state index contributed by atoms with van der Waals surface area (Å²) in [5.41, 5.74) is 1.49. The second-order valence-corrected chi connectivity index (χ2v) is 5.08. The Labute approximate surface area is 126 Å². The molecule has 6 nitrogen and oxygen atoms in total. The van der Waals surface area contributed by atoms with Crippen molar-refractivity contribution in [2.75, 3.05) is 19.5 Å². The number of ether oxygens (including phenoxy) is 2. The first-order valence-corrected chi connectivity index (χ1v) is 7.12. The van der Waals surface area contributed by atoms with E-state index in [-0.39, 0.29) is 6.42 Å². The van der Waals surface area contributed by atoms with E-state index in [2.05, 4.69) is 10.3 Å². The maximum atomic E-state index is 10.6.